The van der Waals surface area contributed by atoms with Crippen LogP contribution in [-0.4, -0.2) is 18.4 Å². The van der Waals surface area contributed by atoms with E-state index in [0.29, 0.717) is 30.8 Å². The number of hydrogen-bond acceptors (Lipinski definition) is 3. The summed E-state index contributed by atoms with van der Waals surface area (Å²) in [6.07, 6.45) is 1.95. The van der Waals surface area contributed by atoms with Crippen molar-refractivity contribution in [1.29, 1.82) is 0 Å². The van der Waals surface area contributed by atoms with Gasteiger partial charge in [0, 0.05) is 12.0 Å². The molecule has 0 saturated heterocycles. The lowest BCUT2D eigenvalue weighted by Gasteiger charge is -2.08. The predicted molar refractivity (Wildman–Crippen MR) is 97.4 cm³/mol. The Hall–Kier alpha value is -2.82. The van der Waals surface area contributed by atoms with Crippen molar-refractivity contribution in [3.63, 3.8) is 0 Å². The predicted octanol–water partition coefficient (Wildman–Crippen LogP) is 3.04. The first-order chi connectivity index (χ1) is 12.1. The molecule has 5 nitrogen and oxygen atoms in total. The first-order valence-electron chi connectivity index (χ1n) is 8.52. The van der Waals surface area contributed by atoms with Gasteiger partial charge in [0.25, 0.3) is 5.91 Å². The molecule has 5 heteroatoms. The second-order valence-corrected chi connectivity index (χ2v) is 5.63. The molecule has 2 aromatic rings. The molecule has 0 atom stereocenters. The van der Waals surface area contributed by atoms with Crippen LogP contribution >= 0.6 is 0 Å². The number of rotatable bonds is 7. The molecule has 0 aliphatic rings. The first kappa shape index (κ1) is 18.5. The third-order valence-corrected chi connectivity index (χ3v) is 3.81. The molecule has 0 aliphatic carbocycles. The fraction of sp³-hybridized carbons (Fsp3) is 0.300. The Labute approximate surface area is 148 Å². The van der Waals surface area contributed by atoms with Gasteiger partial charge in [-0.1, -0.05) is 31.2 Å². The molecule has 0 radical (unpaired) electrons. The first-order valence-corrected chi connectivity index (χ1v) is 8.52. The summed E-state index contributed by atoms with van der Waals surface area (Å²) >= 11 is 0. The van der Waals surface area contributed by atoms with Gasteiger partial charge in [0.2, 0.25) is 5.91 Å². The fourth-order valence-electron chi connectivity index (χ4n) is 2.33. The molecule has 0 bridgehead atoms. The topological polar surface area (TPSA) is 67.4 Å². The minimum atomic E-state index is -0.358. The summed E-state index contributed by atoms with van der Waals surface area (Å²) in [5.41, 5.74) is 7.70. The Balaban J connectivity index is 1.75. The lowest BCUT2D eigenvalue weighted by molar-refractivity contribution is -0.121. The Morgan fingerprint density at radius 1 is 0.880 bits per heavy atom. The van der Waals surface area contributed by atoms with E-state index in [1.807, 2.05) is 19.1 Å². The van der Waals surface area contributed by atoms with Crippen LogP contribution < -0.4 is 15.6 Å². The van der Waals surface area contributed by atoms with Crippen LogP contribution in [0.25, 0.3) is 0 Å². The van der Waals surface area contributed by atoms with Crippen molar-refractivity contribution in [2.75, 3.05) is 6.61 Å². The summed E-state index contributed by atoms with van der Waals surface area (Å²) in [6.45, 7) is 4.58. The molecule has 0 fully saturated rings. The van der Waals surface area contributed by atoms with Crippen molar-refractivity contribution < 1.29 is 14.3 Å². The van der Waals surface area contributed by atoms with Crippen molar-refractivity contribution in [3.05, 3.63) is 65.2 Å². The highest BCUT2D eigenvalue weighted by Gasteiger charge is 2.08. The summed E-state index contributed by atoms with van der Waals surface area (Å²) in [7, 11) is 0. The van der Waals surface area contributed by atoms with E-state index in [-0.39, 0.29) is 11.8 Å². The Morgan fingerprint density at radius 2 is 1.52 bits per heavy atom. The lowest BCUT2D eigenvalue weighted by Crippen LogP contribution is -2.41. The molecule has 0 aromatic heterocycles. The van der Waals surface area contributed by atoms with Gasteiger partial charge < -0.3 is 4.74 Å². The van der Waals surface area contributed by atoms with E-state index in [4.69, 9.17) is 4.74 Å². The number of hydrogen-bond donors (Lipinski definition) is 2. The number of ether oxygens (including phenoxy) is 1. The Bertz CT molecular complexity index is 694. The highest BCUT2D eigenvalue weighted by atomic mass is 16.5. The number of carbonyl (C=O) groups is 2. The zero-order valence-corrected chi connectivity index (χ0v) is 14.7. The highest BCUT2D eigenvalue weighted by molar-refractivity contribution is 5.95. The number of benzene rings is 2. The number of amides is 2. The van der Waals surface area contributed by atoms with Crippen molar-refractivity contribution in [1.82, 2.24) is 10.9 Å². The smallest absolute Gasteiger partial charge is 0.269 e. The second kappa shape index (κ2) is 9.47. The van der Waals surface area contributed by atoms with Gasteiger partial charge in [0.15, 0.2) is 0 Å². The van der Waals surface area contributed by atoms with E-state index in [1.54, 1.807) is 24.3 Å². The van der Waals surface area contributed by atoms with Crippen molar-refractivity contribution in [2.24, 2.45) is 0 Å². The molecule has 25 heavy (non-hydrogen) atoms. The quantitative estimate of drug-likeness (QED) is 0.761. The maximum Gasteiger partial charge on any atom is 0.269 e. The van der Waals surface area contributed by atoms with Crippen LogP contribution in [0.2, 0.25) is 0 Å². The molecule has 2 N–H and O–H groups in total. The molecule has 132 valence electrons. The normalized spacial score (nSPS) is 10.2. The summed E-state index contributed by atoms with van der Waals surface area (Å²) in [5.74, 6) is 0.125. The largest absolute Gasteiger partial charge is 0.494 e. The van der Waals surface area contributed by atoms with Crippen LogP contribution in [0, 0.1) is 0 Å². The molecule has 2 aromatic carbocycles. The Morgan fingerprint density at radius 3 is 2.12 bits per heavy atom. The van der Waals surface area contributed by atoms with Crippen LogP contribution in [0.5, 0.6) is 5.75 Å². The SMILES string of the molecule is CCOc1ccc(C(=O)NNC(=O)CCc2ccc(CC)cc2)cc1. The number of hydrazine groups is 1. The van der Waals surface area contributed by atoms with Gasteiger partial charge in [-0.05, 0) is 55.2 Å². The molecule has 2 amide bonds. The highest BCUT2D eigenvalue weighted by Crippen LogP contribution is 2.12. The lowest BCUT2D eigenvalue weighted by atomic mass is 10.1. The van der Waals surface area contributed by atoms with Crippen LogP contribution in [0.3, 0.4) is 0 Å². The number of nitrogens with one attached hydrogen (secondary N) is 2. The molecule has 0 aliphatic heterocycles. The van der Waals surface area contributed by atoms with Gasteiger partial charge in [-0.2, -0.15) is 0 Å². The maximum atomic E-state index is 12.0. The van der Waals surface area contributed by atoms with Gasteiger partial charge in [-0.25, -0.2) is 0 Å². The van der Waals surface area contributed by atoms with E-state index >= 15 is 0 Å². The minimum absolute atomic E-state index is 0.223. The van der Waals surface area contributed by atoms with Crippen LogP contribution in [-0.2, 0) is 17.6 Å². The van der Waals surface area contributed by atoms with E-state index in [1.165, 1.54) is 5.56 Å². The van der Waals surface area contributed by atoms with Crippen molar-refractivity contribution >= 4 is 11.8 Å². The molecule has 2 rings (SSSR count). The monoisotopic (exact) mass is 340 g/mol. The van der Waals surface area contributed by atoms with Crippen LogP contribution in [0.15, 0.2) is 48.5 Å². The molecule has 0 spiro atoms. The molecular weight excluding hydrogens is 316 g/mol. The molecule has 0 saturated carbocycles. The second-order valence-electron chi connectivity index (χ2n) is 5.63. The van der Waals surface area contributed by atoms with E-state index in [0.717, 1.165) is 12.0 Å². The standard InChI is InChI=1S/C20H24N2O3/c1-3-15-5-7-16(8-6-15)9-14-19(23)21-22-20(24)17-10-12-18(13-11-17)25-4-2/h5-8,10-13H,3-4,9,14H2,1-2H3,(H,21,23)(H,22,24). The maximum absolute atomic E-state index is 12.0. The number of aryl methyl sites for hydroxylation is 2. The third-order valence-electron chi connectivity index (χ3n) is 3.81. The van der Waals surface area contributed by atoms with E-state index < -0.39 is 0 Å². The molecule has 0 heterocycles. The fourth-order valence-corrected chi connectivity index (χ4v) is 2.33. The van der Waals surface area contributed by atoms with Crippen molar-refractivity contribution in [3.8, 4) is 5.75 Å². The third kappa shape index (κ3) is 5.95. The average Bonchev–Trinajstić information content (AvgIpc) is 2.65. The van der Waals surface area contributed by atoms with Gasteiger partial charge >= 0.3 is 0 Å². The summed E-state index contributed by atoms with van der Waals surface area (Å²) in [5, 5.41) is 0. The van der Waals surface area contributed by atoms with Crippen LogP contribution in [0.1, 0.15) is 41.8 Å². The Kier molecular flexibility index (Phi) is 7.01. The van der Waals surface area contributed by atoms with Gasteiger partial charge in [0.05, 0.1) is 6.61 Å². The van der Waals surface area contributed by atoms with E-state index in [9.17, 15) is 9.59 Å². The summed E-state index contributed by atoms with van der Waals surface area (Å²) in [4.78, 5) is 23.9. The minimum Gasteiger partial charge on any atom is -0.494 e. The van der Waals surface area contributed by atoms with Crippen LogP contribution in [0.4, 0.5) is 0 Å². The zero-order chi connectivity index (χ0) is 18.1. The van der Waals surface area contributed by atoms with Gasteiger partial charge in [-0.15, -0.1) is 0 Å². The molecular formula is C20H24N2O3. The van der Waals surface area contributed by atoms with E-state index in [2.05, 4.69) is 29.9 Å². The summed E-state index contributed by atoms with van der Waals surface area (Å²) < 4.78 is 5.33. The van der Waals surface area contributed by atoms with Crippen molar-refractivity contribution in [2.45, 2.75) is 33.1 Å². The average molecular weight is 340 g/mol. The number of carbonyl (C=O) groups excluding carboxylic acids is 2. The van der Waals surface area contributed by atoms with Gasteiger partial charge in [-0.3, -0.25) is 20.4 Å². The molecule has 0 unspecified atom stereocenters. The summed E-state index contributed by atoms with van der Waals surface area (Å²) in [6, 6.07) is 15.0. The van der Waals surface area contributed by atoms with Gasteiger partial charge in [0.1, 0.15) is 5.75 Å². The zero-order valence-electron chi connectivity index (χ0n) is 14.7.